The van der Waals surface area contributed by atoms with E-state index in [1.54, 1.807) is 23.0 Å². The summed E-state index contributed by atoms with van der Waals surface area (Å²) in [5.41, 5.74) is 2.61. The van der Waals surface area contributed by atoms with E-state index in [4.69, 9.17) is 9.72 Å². The molecule has 2 aromatic heterocycles. The summed E-state index contributed by atoms with van der Waals surface area (Å²) in [7, 11) is 1.61. The third kappa shape index (κ3) is 5.18. The van der Waals surface area contributed by atoms with Crippen LogP contribution in [0.4, 0.5) is 0 Å². The number of hydrogen-bond donors (Lipinski definition) is 1. The summed E-state index contributed by atoms with van der Waals surface area (Å²) in [5, 5.41) is 4.09. The van der Waals surface area contributed by atoms with Crippen molar-refractivity contribution in [1.82, 2.24) is 14.9 Å². The molecule has 1 N–H and O–H groups in total. The maximum Gasteiger partial charge on any atom is 0.267 e. The third-order valence-electron chi connectivity index (χ3n) is 5.50. The quantitative estimate of drug-likeness (QED) is 0.259. The van der Waals surface area contributed by atoms with E-state index in [1.165, 1.54) is 16.6 Å². The molecule has 0 saturated carbocycles. The van der Waals surface area contributed by atoms with Crippen molar-refractivity contribution in [3.63, 3.8) is 0 Å². The minimum Gasteiger partial charge on any atom is -0.497 e. The van der Waals surface area contributed by atoms with Gasteiger partial charge in [-0.3, -0.25) is 14.2 Å². The number of carbonyl (C=O) groups excluding carboxylic acids is 1. The summed E-state index contributed by atoms with van der Waals surface area (Å²) in [6.45, 7) is 4.58. The number of fused-ring (bicyclic) bond motifs is 1. The molecular weight excluding hydrogens is 466 g/mol. The van der Waals surface area contributed by atoms with Gasteiger partial charge in [0.2, 0.25) is 5.91 Å². The molecule has 34 heavy (non-hydrogen) atoms. The third-order valence-corrected chi connectivity index (χ3v) is 7.69. The maximum absolute atomic E-state index is 13.7. The number of aryl methyl sites for hydroxylation is 2. The van der Waals surface area contributed by atoms with Gasteiger partial charge in [-0.25, -0.2) is 4.98 Å². The van der Waals surface area contributed by atoms with Gasteiger partial charge in [0.15, 0.2) is 5.16 Å². The molecular formula is C26H27N3O3S2. The minimum absolute atomic E-state index is 0.112. The van der Waals surface area contributed by atoms with Crippen LogP contribution in [0.25, 0.3) is 15.9 Å². The molecule has 6 nitrogen and oxygen atoms in total. The normalized spacial score (nSPS) is 11.0. The first-order valence-electron chi connectivity index (χ1n) is 11.1. The Balaban J connectivity index is 1.67. The van der Waals surface area contributed by atoms with Crippen LogP contribution in [0, 0.1) is 6.92 Å². The molecule has 0 spiro atoms. The molecule has 2 aromatic carbocycles. The van der Waals surface area contributed by atoms with Crippen LogP contribution in [0.15, 0.2) is 64.5 Å². The maximum atomic E-state index is 13.7. The van der Waals surface area contributed by atoms with Gasteiger partial charge in [-0.15, -0.1) is 11.3 Å². The number of nitrogens with one attached hydrogen (secondary N) is 1. The lowest BCUT2D eigenvalue weighted by Gasteiger charge is -2.13. The lowest BCUT2D eigenvalue weighted by Crippen LogP contribution is -2.26. The van der Waals surface area contributed by atoms with Crippen molar-refractivity contribution in [3.8, 4) is 11.4 Å². The molecule has 0 saturated heterocycles. The van der Waals surface area contributed by atoms with Gasteiger partial charge >= 0.3 is 0 Å². The first-order chi connectivity index (χ1) is 16.5. The number of rotatable bonds is 9. The molecule has 1 amide bonds. The van der Waals surface area contributed by atoms with Crippen molar-refractivity contribution < 1.29 is 9.53 Å². The summed E-state index contributed by atoms with van der Waals surface area (Å²) in [6, 6.07) is 17.1. The zero-order valence-corrected chi connectivity index (χ0v) is 21.1. The predicted octanol–water partition coefficient (Wildman–Crippen LogP) is 5.13. The Morgan fingerprint density at radius 1 is 1.15 bits per heavy atom. The molecule has 4 rings (SSSR count). The van der Waals surface area contributed by atoms with Crippen LogP contribution < -0.4 is 15.6 Å². The van der Waals surface area contributed by atoms with Crippen LogP contribution in [0.5, 0.6) is 5.75 Å². The second-order valence-corrected chi connectivity index (χ2v) is 9.89. The van der Waals surface area contributed by atoms with Gasteiger partial charge in [0, 0.05) is 11.4 Å². The van der Waals surface area contributed by atoms with Gasteiger partial charge < -0.3 is 10.1 Å². The van der Waals surface area contributed by atoms with Crippen LogP contribution in [0.3, 0.4) is 0 Å². The summed E-state index contributed by atoms with van der Waals surface area (Å²) in [4.78, 5) is 33.0. The van der Waals surface area contributed by atoms with E-state index in [-0.39, 0.29) is 17.2 Å². The fourth-order valence-electron chi connectivity index (χ4n) is 3.71. The molecule has 0 fully saturated rings. The summed E-state index contributed by atoms with van der Waals surface area (Å²) in [5.74, 6) is 0.753. The van der Waals surface area contributed by atoms with Crippen LogP contribution in [-0.2, 0) is 17.8 Å². The SMILES string of the molecule is CCCc1sc2nc(SCC(=O)NCc3ccccc3)n(-c3ccc(OC)cc3)c(=O)c2c1C. The van der Waals surface area contributed by atoms with Gasteiger partial charge in [-0.1, -0.05) is 55.4 Å². The molecule has 0 bridgehead atoms. The van der Waals surface area contributed by atoms with Crippen molar-refractivity contribution >= 4 is 39.2 Å². The number of ether oxygens (including phenoxy) is 1. The molecule has 4 aromatic rings. The number of thioether (sulfide) groups is 1. The second-order valence-electron chi connectivity index (χ2n) is 7.86. The van der Waals surface area contributed by atoms with E-state index in [0.29, 0.717) is 28.5 Å². The van der Waals surface area contributed by atoms with Crippen molar-refractivity contribution in [2.45, 2.75) is 38.4 Å². The lowest BCUT2D eigenvalue weighted by atomic mass is 10.1. The van der Waals surface area contributed by atoms with Gasteiger partial charge in [0.1, 0.15) is 10.6 Å². The number of thiophene rings is 1. The molecule has 0 aliphatic carbocycles. The fraction of sp³-hybridized carbons (Fsp3) is 0.269. The van der Waals surface area contributed by atoms with Crippen LogP contribution in [0.1, 0.15) is 29.3 Å². The van der Waals surface area contributed by atoms with Gasteiger partial charge in [-0.05, 0) is 48.7 Å². The zero-order valence-electron chi connectivity index (χ0n) is 19.5. The zero-order chi connectivity index (χ0) is 24.1. The van der Waals surface area contributed by atoms with Gasteiger partial charge in [0.05, 0.1) is 23.9 Å². The van der Waals surface area contributed by atoms with E-state index in [0.717, 1.165) is 28.8 Å². The minimum atomic E-state index is -0.113. The van der Waals surface area contributed by atoms with Gasteiger partial charge in [0.25, 0.3) is 5.56 Å². The Bertz CT molecular complexity index is 1350. The number of amides is 1. The standard InChI is InChI=1S/C26H27N3O3S2/c1-4-8-21-17(2)23-24(34-21)28-26(29(25(23)31)19-11-13-20(32-3)14-12-19)33-16-22(30)27-15-18-9-6-5-7-10-18/h5-7,9-14H,4,8,15-16H2,1-3H3,(H,27,30). The smallest absolute Gasteiger partial charge is 0.267 e. The molecule has 0 radical (unpaired) electrons. The van der Waals surface area contributed by atoms with Crippen molar-refractivity contribution in [3.05, 3.63) is 81.0 Å². The first-order valence-corrected chi connectivity index (χ1v) is 12.9. The number of nitrogens with zero attached hydrogens (tertiary/aromatic N) is 2. The molecule has 176 valence electrons. The Labute approximate surface area is 207 Å². The highest BCUT2D eigenvalue weighted by Gasteiger charge is 2.20. The highest BCUT2D eigenvalue weighted by atomic mass is 32.2. The van der Waals surface area contributed by atoms with E-state index in [2.05, 4.69) is 12.2 Å². The monoisotopic (exact) mass is 493 g/mol. The Morgan fingerprint density at radius 3 is 2.56 bits per heavy atom. The van der Waals surface area contributed by atoms with Gasteiger partial charge in [-0.2, -0.15) is 0 Å². The number of hydrogen-bond acceptors (Lipinski definition) is 6. The number of carbonyl (C=O) groups is 1. The van der Waals surface area contributed by atoms with Crippen LogP contribution in [0.2, 0.25) is 0 Å². The largest absolute Gasteiger partial charge is 0.497 e. The number of benzene rings is 2. The Kier molecular flexibility index (Phi) is 7.70. The van der Waals surface area contributed by atoms with Crippen molar-refractivity contribution in [2.24, 2.45) is 0 Å². The molecule has 2 heterocycles. The van der Waals surface area contributed by atoms with Crippen LogP contribution in [-0.4, -0.2) is 28.3 Å². The molecule has 0 atom stereocenters. The highest BCUT2D eigenvalue weighted by molar-refractivity contribution is 7.99. The average molecular weight is 494 g/mol. The molecule has 0 aliphatic heterocycles. The average Bonchev–Trinajstić information content (AvgIpc) is 3.17. The van der Waals surface area contributed by atoms with Crippen molar-refractivity contribution in [2.75, 3.05) is 12.9 Å². The van der Waals surface area contributed by atoms with E-state index < -0.39 is 0 Å². The topological polar surface area (TPSA) is 73.2 Å². The summed E-state index contributed by atoms with van der Waals surface area (Å²) in [6.07, 6.45) is 1.92. The summed E-state index contributed by atoms with van der Waals surface area (Å²) >= 11 is 2.84. The molecule has 8 heteroatoms. The predicted molar refractivity (Wildman–Crippen MR) is 140 cm³/mol. The fourth-order valence-corrected chi connectivity index (χ4v) is 5.87. The Hall–Kier alpha value is -3.10. The summed E-state index contributed by atoms with van der Waals surface area (Å²) < 4.78 is 6.87. The first kappa shape index (κ1) is 24.0. The van der Waals surface area contributed by atoms with Crippen molar-refractivity contribution in [1.29, 1.82) is 0 Å². The van der Waals surface area contributed by atoms with E-state index >= 15 is 0 Å². The number of aromatic nitrogens is 2. The van der Waals surface area contributed by atoms with Crippen LogP contribution >= 0.6 is 23.1 Å². The molecule has 0 unspecified atom stereocenters. The highest BCUT2D eigenvalue weighted by Crippen LogP contribution is 2.31. The van der Waals surface area contributed by atoms with E-state index in [9.17, 15) is 9.59 Å². The number of methoxy groups -OCH3 is 1. The Morgan fingerprint density at radius 2 is 1.88 bits per heavy atom. The van der Waals surface area contributed by atoms with E-state index in [1.807, 2.05) is 61.5 Å². The molecule has 0 aliphatic rings. The second kappa shape index (κ2) is 10.9. The lowest BCUT2D eigenvalue weighted by molar-refractivity contribution is -0.118.